The third-order valence-electron chi connectivity index (χ3n) is 2.16. The number of nitrogens with zero attached hydrogens (tertiary/aromatic N) is 1. The zero-order chi connectivity index (χ0) is 9.94. The van der Waals surface area contributed by atoms with Crippen LogP contribution in [0.4, 0.5) is 0 Å². The molecule has 0 aromatic rings. The average molecular weight is 187 g/mol. The summed E-state index contributed by atoms with van der Waals surface area (Å²) in [6.45, 7) is 11.2. The van der Waals surface area contributed by atoms with Crippen molar-refractivity contribution in [1.82, 2.24) is 15.5 Å². The Labute approximate surface area is 82.9 Å². The summed E-state index contributed by atoms with van der Waals surface area (Å²) in [6, 6.07) is 0. The molecular weight excluding hydrogens is 162 g/mol. The van der Waals surface area contributed by atoms with Crippen LogP contribution in [0.3, 0.4) is 0 Å². The van der Waals surface area contributed by atoms with Crippen LogP contribution in [0, 0.1) is 0 Å². The Morgan fingerprint density at radius 2 is 1.69 bits per heavy atom. The van der Waals surface area contributed by atoms with Gasteiger partial charge in [-0.25, -0.2) is 0 Å². The van der Waals surface area contributed by atoms with E-state index in [4.69, 9.17) is 0 Å². The van der Waals surface area contributed by atoms with Gasteiger partial charge in [-0.15, -0.1) is 0 Å². The molecule has 80 valence electrons. The molecular formula is C10H25N3. The van der Waals surface area contributed by atoms with E-state index in [1.807, 2.05) is 7.05 Å². The SMILES string of the molecule is CCCNCCN(CC)CCNC. The predicted octanol–water partition coefficient (Wildman–Crippen LogP) is 0.527. The highest BCUT2D eigenvalue weighted by molar-refractivity contribution is 4.58. The van der Waals surface area contributed by atoms with Crippen LogP contribution in [0.2, 0.25) is 0 Å². The van der Waals surface area contributed by atoms with E-state index in [1.54, 1.807) is 0 Å². The van der Waals surface area contributed by atoms with Gasteiger partial charge in [0.25, 0.3) is 0 Å². The fourth-order valence-corrected chi connectivity index (χ4v) is 1.24. The van der Waals surface area contributed by atoms with Gasteiger partial charge in [-0.1, -0.05) is 13.8 Å². The fourth-order valence-electron chi connectivity index (χ4n) is 1.24. The number of hydrogen-bond donors (Lipinski definition) is 2. The Bertz CT molecular complexity index is 96.2. The first kappa shape index (κ1) is 12.9. The first-order valence-electron chi connectivity index (χ1n) is 5.42. The van der Waals surface area contributed by atoms with Gasteiger partial charge in [-0.2, -0.15) is 0 Å². The van der Waals surface area contributed by atoms with Crippen molar-refractivity contribution in [3.05, 3.63) is 0 Å². The second kappa shape index (κ2) is 9.96. The second-order valence-corrected chi connectivity index (χ2v) is 3.29. The molecule has 0 bridgehead atoms. The van der Waals surface area contributed by atoms with Gasteiger partial charge in [-0.3, -0.25) is 0 Å². The summed E-state index contributed by atoms with van der Waals surface area (Å²) in [5.41, 5.74) is 0. The number of nitrogens with one attached hydrogen (secondary N) is 2. The minimum Gasteiger partial charge on any atom is -0.318 e. The van der Waals surface area contributed by atoms with Gasteiger partial charge in [0.1, 0.15) is 0 Å². The Hall–Kier alpha value is -0.120. The van der Waals surface area contributed by atoms with Crippen LogP contribution >= 0.6 is 0 Å². The van der Waals surface area contributed by atoms with Crippen molar-refractivity contribution in [2.75, 3.05) is 46.3 Å². The summed E-state index contributed by atoms with van der Waals surface area (Å²) in [5, 5.41) is 6.59. The van der Waals surface area contributed by atoms with Gasteiger partial charge in [0.05, 0.1) is 0 Å². The van der Waals surface area contributed by atoms with Gasteiger partial charge >= 0.3 is 0 Å². The smallest absolute Gasteiger partial charge is 0.0107 e. The van der Waals surface area contributed by atoms with Gasteiger partial charge in [-0.05, 0) is 26.6 Å². The van der Waals surface area contributed by atoms with Crippen LogP contribution in [0.5, 0.6) is 0 Å². The van der Waals surface area contributed by atoms with Crippen molar-refractivity contribution in [3.63, 3.8) is 0 Å². The molecule has 3 nitrogen and oxygen atoms in total. The Morgan fingerprint density at radius 3 is 2.23 bits per heavy atom. The van der Waals surface area contributed by atoms with Gasteiger partial charge < -0.3 is 15.5 Å². The summed E-state index contributed by atoms with van der Waals surface area (Å²) in [6.07, 6.45) is 1.22. The largest absolute Gasteiger partial charge is 0.318 e. The minimum absolute atomic E-state index is 1.08. The molecule has 0 saturated heterocycles. The van der Waals surface area contributed by atoms with Crippen LogP contribution in [-0.4, -0.2) is 51.2 Å². The van der Waals surface area contributed by atoms with Crippen molar-refractivity contribution >= 4 is 0 Å². The highest BCUT2D eigenvalue weighted by atomic mass is 15.1. The lowest BCUT2D eigenvalue weighted by molar-refractivity contribution is 0.289. The van der Waals surface area contributed by atoms with Crippen LogP contribution in [0.15, 0.2) is 0 Å². The summed E-state index contributed by atoms with van der Waals surface area (Å²) in [4.78, 5) is 2.46. The molecule has 0 atom stereocenters. The average Bonchev–Trinajstić information content (AvgIpc) is 2.17. The lowest BCUT2D eigenvalue weighted by atomic mass is 10.4. The molecule has 0 aliphatic heterocycles. The first-order valence-corrected chi connectivity index (χ1v) is 5.42. The summed E-state index contributed by atoms with van der Waals surface area (Å²) in [5.74, 6) is 0. The Morgan fingerprint density at radius 1 is 1.00 bits per heavy atom. The van der Waals surface area contributed by atoms with E-state index in [0.29, 0.717) is 0 Å². The molecule has 0 aromatic carbocycles. The molecule has 2 N–H and O–H groups in total. The molecule has 3 heteroatoms. The van der Waals surface area contributed by atoms with Crippen molar-refractivity contribution in [2.24, 2.45) is 0 Å². The molecule has 0 radical (unpaired) electrons. The van der Waals surface area contributed by atoms with Crippen LogP contribution < -0.4 is 10.6 Å². The van der Waals surface area contributed by atoms with Crippen LogP contribution in [0.1, 0.15) is 20.3 Å². The lowest BCUT2D eigenvalue weighted by Crippen LogP contribution is -2.36. The molecule has 0 rings (SSSR count). The highest BCUT2D eigenvalue weighted by Crippen LogP contribution is 1.84. The van der Waals surface area contributed by atoms with E-state index in [-0.39, 0.29) is 0 Å². The fraction of sp³-hybridized carbons (Fsp3) is 1.00. The molecule has 0 aromatic heterocycles. The molecule has 0 unspecified atom stereocenters. The third-order valence-corrected chi connectivity index (χ3v) is 2.16. The number of rotatable bonds is 9. The molecule has 0 aliphatic rings. The summed E-state index contributed by atoms with van der Waals surface area (Å²) >= 11 is 0. The van der Waals surface area contributed by atoms with E-state index in [0.717, 1.165) is 39.3 Å². The van der Waals surface area contributed by atoms with Crippen molar-refractivity contribution < 1.29 is 0 Å². The number of hydrogen-bond acceptors (Lipinski definition) is 3. The van der Waals surface area contributed by atoms with E-state index >= 15 is 0 Å². The van der Waals surface area contributed by atoms with Gasteiger partial charge in [0.15, 0.2) is 0 Å². The molecule has 0 spiro atoms. The van der Waals surface area contributed by atoms with E-state index < -0.39 is 0 Å². The lowest BCUT2D eigenvalue weighted by Gasteiger charge is -2.20. The molecule has 0 fully saturated rings. The van der Waals surface area contributed by atoms with Crippen molar-refractivity contribution in [1.29, 1.82) is 0 Å². The second-order valence-electron chi connectivity index (χ2n) is 3.29. The standard InChI is InChI=1S/C10H25N3/c1-4-6-12-8-10-13(5-2)9-7-11-3/h11-12H,4-10H2,1-3H3. The van der Waals surface area contributed by atoms with Gasteiger partial charge in [0.2, 0.25) is 0 Å². The third kappa shape index (κ3) is 8.22. The normalized spacial score (nSPS) is 11.1. The first-order chi connectivity index (χ1) is 6.35. The van der Waals surface area contributed by atoms with Crippen molar-refractivity contribution in [2.45, 2.75) is 20.3 Å². The summed E-state index contributed by atoms with van der Waals surface area (Å²) < 4.78 is 0. The monoisotopic (exact) mass is 187 g/mol. The van der Waals surface area contributed by atoms with E-state index in [1.165, 1.54) is 6.42 Å². The minimum atomic E-state index is 1.08. The zero-order valence-electron chi connectivity index (χ0n) is 9.40. The Balaban J connectivity index is 3.25. The molecule has 0 saturated carbocycles. The van der Waals surface area contributed by atoms with Crippen molar-refractivity contribution in [3.8, 4) is 0 Å². The molecule has 0 heterocycles. The predicted molar refractivity (Wildman–Crippen MR) is 59.2 cm³/mol. The Kier molecular flexibility index (Phi) is 9.87. The maximum atomic E-state index is 3.41. The molecule has 13 heavy (non-hydrogen) atoms. The maximum absolute atomic E-state index is 3.41. The zero-order valence-corrected chi connectivity index (χ0v) is 9.40. The topological polar surface area (TPSA) is 27.3 Å². The van der Waals surface area contributed by atoms with Gasteiger partial charge in [0, 0.05) is 26.2 Å². The van der Waals surface area contributed by atoms with E-state index in [2.05, 4.69) is 29.4 Å². The van der Waals surface area contributed by atoms with E-state index in [9.17, 15) is 0 Å². The maximum Gasteiger partial charge on any atom is 0.0107 e. The van der Waals surface area contributed by atoms with Crippen LogP contribution in [0.25, 0.3) is 0 Å². The summed E-state index contributed by atoms with van der Waals surface area (Å²) in [7, 11) is 2.00. The number of likely N-dealkylation sites (N-methyl/N-ethyl adjacent to an activating group) is 2. The highest BCUT2D eigenvalue weighted by Gasteiger charge is 1.99. The molecule has 0 amide bonds. The quantitative estimate of drug-likeness (QED) is 0.516. The molecule has 0 aliphatic carbocycles. The van der Waals surface area contributed by atoms with Crippen LogP contribution in [-0.2, 0) is 0 Å².